The van der Waals surface area contributed by atoms with Gasteiger partial charge >= 0.3 is 0 Å². The third-order valence-electron chi connectivity index (χ3n) is 1.76. The second kappa shape index (κ2) is 5.12. The Kier molecular flexibility index (Phi) is 4.34. The Morgan fingerprint density at radius 1 is 1.40 bits per heavy atom. The quantitative estimate of drug-likeness (QED) is 0.676. The molecular formula is C9H8Cl3NO2. The molecule has 6 heteroatoms. The topological polar surface area (TPSA) is 50.2 Å². The Labute approximate surface area is 102 Å². The monoisotopic (exact) mass is 267 g/mol. The summed E-state index contributed by atoms with van der Waals surface area (Å²) in [5.41, 5.74) is 0.429. The number of ketones is 1. The molecule has 0 fully saturated rings. The fraction of sp³-hybridized carbons (Fsp3) is 0.333. The number of rotatable bonds is 3. The predicted molar refractivity (Wildman–Crippen MR) is 59.5 cm³/mol. The van der Waals surface area contributed by atoms with Crippen LogP contribution in [0.5, 0.6) is 0 Å². The maximum Gasteiger partial charge on any atom is 0.216 e. The van der Waals surface area contributed by atoms with E-state index in [1.165, 1.54) is 24.5 Å². The second-order valence-electron chi connectivity index (χ2n) is 2.92. The molecule has 82 valence electrons. The minimum absolute atomic E-state index is 0.236. The highest BCUT2D eigenvalue weighted by Gasteiger charge is 2.32. The number of Topliss-reactive ketones (excluding diaryl/α,β-unsaturated/α-hetero) is 1. The first-order valence-electron chi connectivity index (χ1n) is 4.09. The van der Waals surface area contributed by atoms with Gasteiger partial charge in [-0.15, -0.1) is 0 Å². The fourth-order valence-electron chi connectivity index (χ4n) is 0.947. The lowest BCUT2D eigenvalue weighted by molar-refractivity contribution is 0.0884. The van der Waals surface area contributed by atoms with Crippen LogP contribution in [0, 0.1) is 0 Å². The molecule has 0 aliphatic carbocycles. The van der Waals surface area contributed by atoms with E-state index in [4.69, 9.17) is 34.8 Å². The number of hydrogen-bond donors (Lipinski definition) is 1. The van der Waals surface area contributed by atoms with Crippen molar-refractivity contribution in [2.24, 2.45) is 0 Å². The summed E-state index contributed by atoms with van der Waals surface area (Å²) < 4.78 is -1.84. The van der Waals surface area contributed by atoms with Crippen molar-refractivity contribution in [1.82, 2.24) is 4.98 Å². The van der Waals surface area contributed by atoms with Crippen molar-refractivity contribution in [3.63, 3.8) is 0 Å². The molecule has 0 spiro atoms. The van der Waals surface area contributed by atoms with Crippen LogP contribution in [0.2, 0.25) is 0 Å². The molecule has 15 heavy (non-hydrogen) atoms. The minimum Gasteiger partial charge on any atom is -0.388 e. The Hall–Kier alpha value is -0.350. The molecule has 0 aliphatic heterocycles. The number of aliphatic hydroxyl groups excluding tert-OH is 1. The van der Waals surface area contributed by atoms with Crippen molar-refractivity contribution >= 4 is 40.6 Å². The molecule has 0 aromatic carbocycles. The highest BCUT2D eigenvalue weighted by Crippen LogP contribution is 2.32. The maximum atomic E-state index is 11.5. The van der Waals surface area contributed by atoms with Gasteiger partial charge in [-0.3, -0.25) is 9.78 Å². The van der Waals surface area contributed by atoms with Crippen LogP contribution in [0.4, 0.5) is 0 Å². The molecule has 1 rings (SSSR count). The van der Waals surface area contributed by atoms with Crippen molar-refractivity contribution in [2.45, 2.75) is 16.3 Å². The van der Waals surface area contributed by atoms with E-state index in [1.54, 1.807) is 0 Å². The van der Waals surface area contributed by atoms with Crippen LogP contribution in [0.1, 0.15) is 16.8 Å². The van der Waals surface area contributed by atoms with Gasteiger partial charge in [-0.05, 0) is 12.1 Å². The van der Waals surface area contributed by atoms with E-state index in [1.807, 2.05) is 0 Å². The summed E-state index contributed by atoms with van der Waals surface area (Å²) in [6.07, 6.45) is 1.41. The Morgan fingerprint density at radius 3 is 2.40 bits per heavy atom. The van der Waals surface area contributed by atoms with E-state index in [-0.39, 0.29) is 12.2 Å². The number of hydrogen-bond acceptors (Lipinski definition) is 3. The third-order valence-corrected chi connectivity index (χ3v) is 2.51. The molecule has 1 atom stereocenters. The zero-order valence-electron chi connectivity index (χ0n) is 7.53. The number of nitrogens with zero attached hydrogens (tertiary/aromatic N) is 1. The van der Waals surface area contributed by atoms with Gasteiger partial charge in [-0.2, -0.15) is 0 Å². The Balaban J connectivity index is 2.65. The molecule has 1 aromatic rings. The van der Waals surface area contributed by atoms with Crippen LogP contribution in [0.25, 0.3) is 0 Å². The van der Waals surface area contributed by atoms with Crippen molar-refractivity contribution in [3.8, 4) is 0 Å². The summed E-state index contributed by atoms with van der Waals surface area (Å²) in [5.74, 6) is -0.295. The highest BCUT2D eigenvalue weighted by atomic mass is 35.6. The average Bonchev–Trinajstić information content (AvgIpc) is 2.17. The first-order valence-corrected chi connectivity index (χ1v) is 5.22. The maximum absolute atomic E-state index is 11.5. The number of alkyl halides is 3. The van der Waals surface area contributed by atoms with Crippen LogP contribution in [0.3, 0.4) is 0 Å². The van der Waals surface area contributed by atoms with Crippen LogP contribution >= 0.6 is 34.8 Å². The van der Waals surface area contributed by atoms with Crippen LogP contribution < -0.4 is 0 Å². The number of carbonyl (C=O) groups excluding carboxylic acids is 1. The van der Waals surface area contributed by atoms with E-state index in [0.29, 0.717) is 5.56 Å². The number of aliphatic hydroxyl groups is 1. The Bertz CT molecular complexity index is 337. The van der Waals surface area contributed by atoms with Crippen molar-refractivity contribution in [3.05, 3.63) is 30.1 Å². The van der Waals surface area contributed by atoms with Crippen LogP contribution in [-0.2, 0) is 0 Å². The fourth-order valence-corrected chi connectivity index (χ4v) is 1.18. The van der Waals surface area contributed by atoms with E-state index >= 15 is 0 Å². The molecule has 0 radical (unpaired) electrons. The van der Waals surface area contributed by atoms with Gasteiger partial charge in [0.25, 0.3) is 0 Å². The van der Waals surface area contributed by atoms with E-state index in [0.717, 1.165) is 0 Å². The van der Waals surface area contributed by atoms with Crippen LogP contribution in [0.15, 0.2) is 24.5 Å². The molecule has 0 aliphatic rings. The Morgan fingerprint density at radius 2 is 1.93 bits per heavy atom. The van der Waals surface area contributed by atoms with Gasteiger partial charge in [0.1, 0.15) is 6.10 Å². The van der Waals surface area contributed by atoms with Gasteiger partial charge in [-0.25, -0.2) is 0 Å². The van der Waals surface area contributed by atoms with Gasteiger partial charge in [0.2, 0.25) is 3.79 Å². The molecule has 0 bridgehead atoms. The number of halogens is 3. The average molecular weight is 269 g/mol. The summed E-state index contributed by atoms with van der Waals surface area (Å²) in [7, 11) is 0. The number of carbonyl (C=O) groups is 1. The zero-order valence-corrected chi connectivity index (χ0v) is 9.80. The zero-order chi connectivity index (χ0) is 11.5. The highest BCUT2D eigenvalue weighted by molar-refractivity contribution is 6.68. The van der Waals surface area contributed by atoms with Gasteiger partial charge in [-0.1, -0.05) is 34.8 Å². The molecule has 3 nitrogen and oxygen atoms in total. The molecule has 0 saturated carbocycles. The summed E-state index contributed by atoms with van der Waals surface area (Å²) >= 11 is 16.3. The standard InChI is InChI=1S/C9H8Cl3NO2/c10-9(11,12)8(15)5-7(14)6-1-3-13-4-2-6/h1-4,8,15H,5H2. The van der Waals surface area contributed by atoms with E-state index < -0.39 is 9.90 Å². The largest absolute Gasteiger partial charge is 0.388 e. The lowest BCUT2D eigenvalue weighted by Crippen LogP contribution is -2.28. The normalized spacial score (nSPS) is 13.6. The predicted octanol–water partition coefficient (Wildman–Crippen LogP) is 2.39. The number of pyridine rings is 1. The molecular weight excluding hydrogens is 260 g/mol. The summed E-state index contributed by atoms with van der Waals surface area (Å²) in [5, 5.41) is 9.39. The van der Waals surface area contributed by atoms with Gasteiger partial charge in [0, 0.05) is 24.4 Å². The van der Waals surface area contributed by atoms with Crippen LogP contribution in [-0.4, -0.2) is 25.8 Å². The van der Waals surface area contributed by atoms with Crippen molar-refractivity contribution in [1.29, 1.82) is 0 Å². The van der Waals surface area contributed by atoms with Crippen molar-refractivity contribution in [2.75, 3.05) is 0 Å². The van der Waals surface area contributed by atoms with E-state index in [9.17, 15) is 9.90 Å². The third kappa shape index (κ3) is 3.95. The SMILES string of the molecule is O=C(CC(O)C(Cl)(Cl)Cl)c1ccncc1. The molecule has 1 unspecified atom stereocenters. The van der Waals surface area contributed by atoms with E-state index in [2.05, 4.69) is 4.98 Å². The lowest BCUT2D eigenvalue weighted by atomic mass is 10.1. The van der Waals surface area contributed by atoms with Gasteiger partial charge < -0.3 is 5.11 Å². The molecule has 1 N–H and O–H groups in total. The van der Waals surface area contributed by atoms with Gasteiger partial charge in [0.05, 0.1) is 0 Å². The molecule has 0 amide bonds. The number of aromatic nitrogens is 1. The molecule has 1 heterocycles. The second-order valence-corrected chi connectivity index (χ2v) is 5.29. The summed E-state index contributed by atoms with van der Waals surface area (Å²) in [6.45, 7) is 0. The van der Waals surface area contributed by atoms with Gasteiger partial charge in [0.15, 0.2) is 5.78 Å². The minimum atomic E-state index is -1.84. The summed E-state index contributed by atoms with van der Waals surface area (Å²) in [4.78, 5) is 15.3. The smallest absolute Gasteiger partial charge is 0.216 e. The molecule has 1 aromatic heterocycles. The first-order chi connectivity index (χ1) is 6.91. The lowest BCUT2D eigenvalue weighted by Gasteiger charge is -2.17. The van der Waals surface area contributed by atoms with Crippen molar-refractivity contribution < 1.29 is 9.90 Å². The first kappa shape index (κ1) is 12.7. The summed E-state index contributed by atoms with van der Waals surface area (Å²) in [6, 6.07) is 3.07. The molecule has 0 saturated heterocycles.